The van der Waals surface area contributed by atoms with Crippen molar-refractivity contribution in [2.24, 2.45) is 5.10 Å². The molecule has 1 aromatic heterocycles. The van der Waals surface area contributed by atoms with Gasteiger partial charge in [-0.3, -0.25) is 9.59 Å². The second-order valence-corrected chi connectivity index (χ2v) is 7.73. The van der Waals surface area contributed by atoms with E-state index >= 15 is 0 Å². The van der Waals surface area contributed by atoms with E-state index in [0.29, 0.717) is 11.3 Å². The van der Waals surface area contributed by atoms with Crippen molar-refractivity contribution in [3.63, 3.8) is 0 Å². The summed E-state index contributed by atoms with van der Waals surface area (Å²) in [5.41, 5.74) is 7.61. The van der Waals surface area contributed by atoms with Crippen molar-refractivity contribution in [3.8, 4) is 17.0 Å². The molecule has 1 atom stereocenters. The van der Waals surface area contributed by atoms with Crippen LogP contribution in [-0.4, -0.2) is 28.1 Å². The van der Waals surface area contributed by atoms with Crippen LogP contribution >= 0.6 is 0 Å². The van der Waals surface area contributed by atoms with E-state index in [-0.39, 0.29) is 17.6 Å². The van der Waals surface area contributed by atoms with Crippen LogP contribution < -0.4 is 10.7 Å². The molecule has 158 valence electrons. The molecule has 1 aliphatic heterocycles. The first-order valence-corrected chi connectivity index (χ1v) is 10.2. The zero-order valence-electron chi connectivity index (χ0n) is 17.2. The van der Waals surface area contributed by atoms with Crippen LogP contribution in [0.15, 0.2) is 71.8 Å². The molecular weight excluding hydrogens is 404 g/mol. The lowest BCUT2D eigenvalue weighted by molar-refractivity contribution is -0.117. The number of rotatable bonds is 4. The van der Waals surface area contributed by atoms with Gasteiger partial charge in [-0.2, -0.15) is 5.10 Å². The molecule has 0 unspecified atom stereocenters. The van der Waals surface area contributed by atoms with Crippen LogP contribution in [0.4, 0.5) is 5.69 Å². The van der Waals surface area contributed by atoms with Crippen LogP contribution in [0.1, 0.15) is 34.3 Å². The Kier molecular flexibility index (Phi) is 4.71. The second kappa shape index (κ2) is 7.70. The molecule has 4 aromatic rings. The van der Waals surface area contributed by atoms with Gasteiger partial charge >= 0.3 is 0 Å². The summed E-state index contributed by atoms with van der Waals surface area (Å²) in [6.07, 6.45) is 1.64. The quantitative estimate of drug-likeness (QED) is 0.391. The van der Waals surface area contributed by atoms with E-state index < -0.39 is 5.92 Å². The number of phenolic OH excluding ortho intramolecular Hbond substituents is 1. The molecule has 0 fully saturated rings. The van der Waals surface area contributed by atoms with E-state index in [9.17, 15) is 14.7 Å². The molecule has 0 spiro atoms. The van der Waals surface area contributed by atoms with Crippen LogP contribution in [0.3, 0.4) is 0 Å². The molecule has 0 radical (unpaired) electrons. The van der Waals surface area contributed by atoms with Gasteiger partial charge in [0.2, 0.25) is 5.91 Å². The number of aromatic nitrogens is 1. The largest absolute Gasteiger partial charge is 0.508 e. The van der Waals surface area contributed by atoms with E-state index in [4.69, 9.17) is 0 Å². The van der Waals surface area contributed by atoms with Gasteiger partial charge in [0.15, 0.2) is 0 Å². The van der Waals surface area contributed by atoms with E-state index in [1.165, 1.54) is 0 Å². The van der Waals surface area contributed by atoms with Gasteiger partial charge in [0.25, 0.3) is 5.91 Å². The molecule has 4 N–H and O–H groups in total. The summed E-state index contributed by atoms with van der Waals surface area (Å²) in [6.45, 7) is 1.79. The van der Waals surface area contributed by atoms with Gasteiger partial charge < -0.3 is 15.4 Å². The number of anilines is 1. The standard InChI is InChI=1S/C25H20N4O3/c1-14(15-7-9-18(30)10-8-15)24(31)27-17-11-19-22-20(13-26-29-25(19)32)23(28-21(22)12-17)16-5-3-2-4-6-16/h2-14,28,30H,1H3,(H,27,31)(H,29,32)/t14-/m1/s1. The average Bonchev–Trinajstić information content (AvgIpc) is 3.08. The number of hydrazone groups is 1. The molecule has 7 nitrogen and oxygen atoms in total. The van der Waals surface area contributed by atoms with Crippen molar-refractivity contribution in [1.29, 1.82) is 0 Å². The number of phenols is 1. The Bertz CT molecular complexity index is 1370. The number of hydrogen-bond acceptors (Lipinski definition) is 4. The smallest absolute Gasteiger partial charge is 0.272 e. The van der Waals surface area contributed by atoms with Gasteiger partial charge in [-0.1, -0.05) is 42.5 Å². The maximum atomic E-state index is 12.9. The maximum Gasteiger partial charge on any atom is 0.272 e. The second-order valence-electron chi connectivity index (χ2n) is 7.73. The Morgan fingerprint density at radius 1 is 1.06 bits per heavy atom. The molecule has 2 amide bonds. The number of nitrogens with one attached hydrogen (secondary N) is 3. The molecule has 0 saturated heterocycles. The molecule has 3 aromatic carbocycles. The van der Waals surface area contributed by atoms with Crippen LogP contribution in [0.25, 0.3) is 22.2 Å². The molecule has 32 heavy (non-hydrogen) atoms. The number of hydrogen-bond donors (Lipinski definition) is 4. The Hall–Kier alpha value is -4.39. The Morgan fingerprint density at radius 3 is 2.56 bits per heavy atom. The predicted molar refractivity (Wildman–Crippen MR) is 124 cm³/mol. The lowest BCUT2D eigenvalue weighted by atomic mass is 9.99. The van der Waals surface area contributed by atoms with Crippen molar-refractivity contribution in [2.45, 2.75) is 12.8 Å². The monoisotopic (exact) mass is 424 g/mol. The van der Waals surface area contributed by atoms with Gasteiger partial charge in [0, 0.05) is 22.2 Å². The lowest BCUT2D eigenvalue weighted by Gasteiger charge is -2.14. The molecule has 0 saturated carbocycles. The highest BCUT2D eigenvalue weighted by atomic mass is 16.3. The van der Waals surface area contributed by atoms with Crippen molar-refractivity contribution in [1.82, 2.24) is 10.4 Å². The van der Waals surface area contributed by atoms with E-state index in [1.54, 1.807) is 43.5 Å². The minimum Gasteiger partial charge on any atom is -0.508 e. The topological polar surface area (TPSA) is 107 Å². The van der Waals surface area contributed by atoms with Gasteiger partial charge in [0.1, 0.15) is 5.75 Å². The Balaban J connectivity index is 1.56. The SMILES string of the molecule is C[C@@H](C(=O)Nc1cc2c3c(c(-c4ccccc4)[nH]c3c1)C=NNC2=O)c1ccc(O)cc1. The third-order valence-corrected chi connectivity index (χ3v) is 5.66. The first kappa shape index (κ1) is 19.6. The van der Waals surface area contributed by atoms with E-state index in [1.807, 2.05) is 36.4 Å². The predicted octanol–water partition coefficient (Wildman–Crippen LogP) is 4.36. The van der Waals surface area contributed by atoms with Crippen LogP contribution in [0.5, 0.6) is 5.75 Å². The Morgan fingerprint density at radius 2 is 1.81 bits per heavy atom. The third kappa shape index (κ3) is 3.39. The minimum atomic E-state index is -0.443. The molecule has 0 aliphatic carbocycles. The first-order valence-electron chi connectivity index (χ1n) is 10.2. The summed E-state index contributed by atoms with van der Waals surface area (Å²) in [7, 11) is 0. The van der Waals surface area contributed by atoms with Crippen molar-refractivity contribution in [2.75, 3.05) is 5.32 Å². The molecule has 1 aliphatic rings. The van der Waals surface area contributed by atoms with Crippen molar-refractivity contribution < 1.29 is 14.7 Å². The summed E-state index contributed by atoms with van der Waals surface area (Å²) >= 11 is 0. The van der Waals surface area contributed by atoms with Gasteiger partial charge in [-0.15, -0.1) is 0 Å². The van der Waals surface area contributed by atoms with Crippen molar-refractivity contribution in [3.05, 3.63) is 83.4 Å². The Labute approximate surface area is 183 Å². The zero-order chi connectivity index (χ0) is 22.2. The van der Waals surface area contributed by atoms with Crippen LogP contribution in [0, 0.1) is 0 Å². The van der Waals surface area contributed by atoms with Gasteiger partial charge in [0.05, 0.1) is 23.4 Å². The molecule has 2 heterocycles. The van der Waals surface area contributed by atoms with E-state index in [0.717, 1.165) is 33.3 Å². The number of aromatic amines is 1. The summed E-state index contributed by atoms with van der Waals surface area (Å²) in [6, 6.07) is 19.8. The molecular formula is C25H20N4O3. The summed E-state index contributed by atoms with van der Waals surface area (Å²) in [4.78, 5) is 29.0. The zero-order valence-corrected chi connectivity index (χ0v) is 17.2. The fraction of sp³-hybridized carbons (Fsp3) is 0.0800. The maximum absolute atomic E-state index is 12.9. The molecule has 0 bridgehead atoms. The lowest BCUT2D eigenvalue weighted by Crippen LogP contribution is -2.20. The first-order chi connectivity index (χ1) is 15.5. The number of benzene rings is 3. The summed E-state index contributed by atoms with van der Waals surface area (Å²) in [5.74, 6) is -0.859. The van der Waals surface area contributed by atoms with Crippen LogP contribution in [-0.2, 0) is 4.79 Å². The van der Waals surface area contributed by atoms with Gasteiger partial charge in [-0.25, -0.2) is 5.43 Å². The highest BCUT2D eigenvalue weighted by Crippen LogP contribution is 2.34. The van der Waals surface area contributed by atoms with Gasteiger partial charge in [-0.05, 0) is 42.3 Å². The summed E-state index contributed by atoms with van der Waals surface area (Å²) in [5, 5.41) is 17.2. The number of nitrogens with zero attached hydrogens (tertiary/aromatic N) is 1. The van der Waals surface area contributed by atoms with E-state index in [2.05, 4.69) is 20.8 Å². The normalized spacial score (nSPS) is 13.5. The van der Waals surface area contributed by atoms with Crippen molar-refractivity contribution >= 4 is 34.6 Å². The highest BCUT2D eigenvalue weighted by molar-refractivity contribution is 6.18. The molecule has 5 rings (SSSR count). The summed E-state index contributed by atoms with van der Waals surface area (Å²) < 4.78 is 0. The fourth-order valence-electron chi connectivity index (χ4n) is 3.95. The number of aromatic hydroxyl groups is 1. The highest BCUT2D eigenvalue weighted by Gasteiger charge is 2.23. The number of amides is 2. The third-order valence-electron chi connectivity index (χ3n) is 5.66. The number of H-pyrrole nitrogens is 1. The minimum absolute atomic E-state index is 0.145. The average molecular weight is 424 g/mol. The molecule has 7 heteroatoms. The number of carbonyl (C=O) groups is 2. The van der Waals surface area contributed by atoms with Crippen LogP contribution in [0.2, 0.25) is 0 Å². The fourth-order valence-corrected chi connectivity index (χ4v) is 3.95. The number of carbonyl (C=O) groups excluding carboxylic acids is 2.